The van der Waals surface area contributed by atoms with Crippen LogP contribution in [0.5, 0.6) is 0 Å². The molecular formula is C105H132F6N8O15S4. The van der Waals surface area contributed by atoms with E-state index < -0.39 is 119 Å². The van der Waals surface area contributed by atoms with Gasteiger partial charge in [-0.3, -0.25) is 28.8 Å². The van der Waals surface area contributed by atoms with Crippen molar-refractivity contribution in [2.45, 2.75) is 217 Å². The smallest absolute Gasteiger partial charge is 0.277 e. The maximum atomic E-state index is 14.2. The molecule has 7 aromatic carbocycles. The van der Waals surface area contributed by atoms with Crippen LogP contribution < -0.4 is 0 Å². The molecule has 3 amide bonds. The number of carbonyl (C=O) groups excluding carboxylic acids is 6. The van der Waals surface area contributed by atoms with E-state index in [1.807, 2.05) is 68.4 Å². The molecule has 3 saturated heterocycles. The molecule has 138 heavy (non-hydrogen) atoms. The maximum Gasteiger partial charge on any atom is 0.277 e. The summed E-state index contributed by atoms with van der Waals surface area (Å²) in [4.78, 5) is 91.1. The summed E-state index contributed by atoms with van der Waals surface area (Å²) in [6.45, 7) is 23.8. The number of halogens is 6. The van der Waals surface area contributed by atoms with E-state index in [9.17, 15) is 95.7 Å². The molecule has 3 N–H and O–H groups in total. The SMILES string of the molecule is CCCN(CCC)C(=O)c1cc(C)cc(C(=O)C[C@@H](Cc2cc(F)cc(F)c2)[C@H](O)[C@@H]2CCCN(S(=O)(=O)c3cccc(C)c3)C2)c1.CCCN(CCC)C(=O)c1cc(C)cc(C(=O)C[C@@H](Cc2cc(F)cc(F)c2)[C@H](O)[C@@H]2CCCN(S(=O)(=O)c3cccs3)C2)c1.CCCN(CCC)C(=O)c1cc(C)cc(C(=O)C[C@@H](Cc2cc(F)cc(F)c2)[C@H](O)[C@@H]2CCCN(S(=O)(=O)c3nccn3C)C2)c1. The zero-order valence-corrected chi connectivity index (χ0v) is 84.0. The Labute approximate surface area is 813 Å². The molecule has 2 aromatic heterocycles. The number of aliphatic hydroxyl groups is 3. The zero-order chi connectivity index (χ0) is 101. The van der Waals surface area contributed by atoms with Crippen molar-refractivity contribution in [2.75, 3.05) is 78.5 Å². The first-order chi connectivity index (χ1) is 65.6. The Bertz CT molecular complexity index is 5970. The van der Waals surface area contributed by atoms with E-state index in [-0.39, 0.29) is 131 Å². The summed E-state index contributed by atoms with van der Waals surface area (Å²) >= 11 is 1.13. The lowest BCUT2D eigenvalue weighted by Gasteiger charge is -2.37. The van der Waals surface area contributed by atoms with E-state index >= 15 is 0 Å². The van der Waals surface area contributed by atoms with Gasteiger partial charge in [-0.15, -0.1) is 11.3 Å². The van der Waals surface area contributed by atoms with Gasteiger partial charge in [0.2, 0.25) is 15.2 Å². The van der Waals surface area contributed by atoms with Crippen LogP contribution in [0.2, 0.25) is 0 Å². The van der Waals surface area contributed by atoms with Crippen molar-refractivity contribution >= 4 is 76.5 Å². The Morgan fingerprint density at radius 1 is 0.399 bits per heavy atom. The summed E-state index contributed by atoms with van der Waals surface area (Å²) in [6.07, 6.45) is 6.90. The number of thiophene rings is 1. The number of carbonyl (C=O) groups is 6. The monoisotopic (exact) mass is 1990 g/mol. The molecule has 9 atom stereocenters. The molecule has 3 aliphatic rings. The summed E-state index contributed by atoms with van der Waals surface area (Å²) < 4.78 is 171. The van der Waals surface area contributed by atoms with Crippen molar-refractivity contribution < 1.29 is 95.7 Å². The second-order valence-corrected chi connectivity index (χ2v) is 44.0. The van der Waals surface area contributed by atoms with Crippen molar-refractivity contribution in [3.05, 3.63) is 271 Å². The molecular weight excluding hydrogens is 1860 g/mol. The van der Waals surface area contributed by atoms with E-state index in [1.165, 1.54) is 60.1 Å². The van der Waals surface area contributed by atoms with Gasteiger partial charge in [-0.2, -0.15) is 12.9 Å². The third kappa shape index (κ3) is 29.8. The Morgan fingerprint density at radius 2 is 0.710 bits per heavy atom. The Kier molecular flexibility index (Phi) is 40.6. The van der Waals surface area contributed by atoms with E-state index in [2.05, 4.69) is 4.98 Å². The Morgan fingerprint density at radius 3 is 1.00 bits per heavy atom. The Balaban J connectivity index is 0.000000214. The number of benzene rings is 7. The molecule has 33 heteroatoms. The molecule has 0 bridgehead atoms. The van der Waals surface area contributed by atoms with Crippen LogP contribution in [0.25, 0.3) is 0 Å². The van der Waals surface area contributed by atoms with E-state index in [0.29, 0.717) is 124 Å². The van der Waals surface area contributed by atoms with Crippen LogP contribution in [0.4, 0.5) is 26.3 Å². The minimum absolute atomic E-state index is 0.00109. The predicted molar refractivity (Wildman–Crippen MR) is 522 cm³/mol. The molecule has 0 aliphatic carbocycles. The van der Waals surface area contributed by atoms with Gasteiger partial charge in [-0.25, -0.2) is 56.6 Å². The van der Waals surface area contributed by atoms with E-state index in [4.69, 9.17) is 0 Å². The molecule has 5 heterocycles. The third-order valence-corrected chi connectivity index (χ3v) is 32.6. The second kappa shape index (κ2) is 51.0. The number of aryl methyl sites for hydroxylation is 5. The number of aliphatic hydroxyl groups excluding tert-OH is 3. The number of Topliss-reactive ketones (excluding diaryl/α,β-unsaturated/α-hetero) is 3. The van der Waals surface area contributed by atoms with Gasteiger partial charge in [-0.1, -0.05) is 59.7 Å². The Hall–Kier alpha value is -9.94. The zero-order valence-electron chi connectivity index (χ0n) is 80.7. The van der Waals surface area contributed by atoms with Crippen LogP contribution in [-0.4, -0.2) is 210 Å². The van der Waals surface area contributed by atoms with Gasteiger partial charge in [0.15, 0.2) is 17.3 Å². The lowest BCUT2D eigenvalue weighted by atomic mass is 9.79. The van der Waals surface area contributed by atoms with Gasteiger partial charge in [0.1, 0.15) is 39.1 Å². The van der Waals surface area contributed by atoms with Crippen LogP contribution in [0.15, 0.2) is 178 Å². The number of rotatable bonds is 42. The first-order valence-electron chi connectivity index (χ1n) is 47.9. The van der Waals surface area contributed by atoms with E-state index in [1.54, 1.807) is 125 Å². The fourth-order valence-electron chi connectivity index (χ4n) is 19.2. The quantitative estimate of drug-likeness (QED) is 0.0236. The number of piperidine rings is 3. The number of hydrogen-bond acceptors (Lipinski definition) is 17. The molecule has 0 radical (unpaired) electrons. The number of imidazole rings is 1. The summed E-state index contributed by atoms with van der Waals surface area (Å²) in [5.74, 6) is -9.89. The van der Waals surface area contributed by atoms with Crippen LogP contribution in [0, 0.1) is 98.1 Å². The standard InChI is InChI=1S/C37H46F2N2O5S.C34H44F2N4O5S.C34H42F2N2O5S2/c1-5-12-40(13-6-2)37(44)31-16-26(4)15-29(21-31)35(42)22-30(18-27-19-32(38)23-33(39)20-27)36(43)28-10-8-14-41(24-28)47(45,46)34-11-7-9-25(3)17-34;1-5-10-39(11-6-2)33(43)28-15-23(3)14-26(19-28)31(41)20-27(16-24-17-29(35)21-30(36)18-24)32(42)25-8-7-12-40(22-25)46(44,45)34-37-9-13-38(34)4;1-4-10-37(11-5-2)34(41)28-15-23(3)14-26(19-28)31(39)20-27(16-24-17-29(35)21-30(36)18-24)33(40)25-8-6-12-38(22-25)45(42,43)32-9-7-13-44-32/h7,9,11,15-17,19-21,23,28,30,36,43H,5-6,8,10,12-14,18,22,24H2,1-4H3;9,13-15,17-19,21,25,27,32,42H,5-8,10-12,16,20,22H2,1-4H3;7,9,13-15,17-19,21,25,27,33,40H,4-6,8,10-12,16,20,22H2,1-3H3/t28-,30-,36-;25-,27-,32-;25-,27-,33-/m111/s1. The van der Waals surface area contributed by atoms with Crippen molar-refractivity contribution in [3.8, 4) is 0 Å². The highest BCUT2D eigenvalue weighted by Gasteiger charge is 2.43. The molecule has 0 unspecified atom stereocenters. The van der Waals surface area contributed by atoms with Crippen molar-refractivity contribution in [2.24, 2.45) is 42.6 Å². The summed E-state index contributed by atoms with van der Waals surface area (Å²) in [5, 5.41) is 36.8. The first-order valence-corrected chi connectivity index (χ1v) is 53.1. The molecule has 748 valence electrons. The molecule has 3 fully saturated rings. The summed E-state index contributed by atoms with van der Waals surface area (Å²) in [5.41, 5.74) is 6.02. The number of ketones is 3. The fraction of sp³-hybridized carbons (Fsp3) is 0.476. The molecule has 0 saturated carbocycles. The maximum absolute atomic E-state index is 14.2. The number of nitrogens with zero attached hydrogens (tertiary/aromatic N) is 8. The fourth-order valence-corrected chi connectivity index (χ4v) is 25.1. The topological polar surface area (TPSA) is 303 Å². The lowest BCUT2D eigenvalue weighted by Crippen LogP contribution is -2.46. The number of hydrogen-bond donors (Lipinski definition) is 3. The van der Waals surface area contributed by atoms with Gasteiger partial charge in [0.05, 0.1) is 23.2 Å². The third-order valence-electron chi connectivity index (χ3n) is 25.6. The molecule has 9 aromatic rings. The molecule has 12 rings (SSSR count). The largest absolute Gasteiger partial charge is 0.392 e. The van der Waals surface area contributed by atoms with Crippen molar-refractivity contribution in [1.29, 1.82) is 0 Å². The predicted octanol–water partition coefficient (Wildman–Crippen LogP) is 18.4. The number of aromatic nitrogens is 2. The van der Waals surface area contributed by atoms with Gasteiger partial charge in [-0.05, 0) is 313 Å². The number of amides is 3. The van der Waals surface area contributed by atoms with Crippen LogP contribution in [0.1, 0.15) is 239 Å². The van der Waals surface area contributed by atoms with Gasteiger partial charge >= 0.3 is 0 Å². The molecule has 23 nitrogen and oxygen atoms in total. The minimum Gasteiger partial charge on any atom is -0.392 e. The highest BCUT2D eigenvalue weighted by atomic mass is 32.2. The van der Waals surface area contributed by atoms with Crippen molar-refractivity contribution in [1.82, 2.24) is 37.2 Å². The van der Waals surface area contributed by atoms with Gasteiger partial charge in [0, 0.05) is 169 Å². The normalized spacial score (nSPS) is 17.0. The van der Waals surface area contributed by atoms with Gasteiger partial charge < -0.3 is 34.6 Å². The second-order valence-electron chi connectivity index (χ2n) is 37.1. The molecule has 0 spiro atoms. The highest BCUT2D eigenvalue weighted by molar-refractivity contribution is 7.91. The van der Waals surface area contributed by atoms with Crippen molar-refractivity contribution in [3.63, 3.8) is 0 Å². The lowest BCUT2D eigenvalue weighted by molar-refractivity contribution is 0.0230. The summed E-state index contributed by atoms with van der Waals surface area (Å²) in [6, 6.07) is 34.3. The van der Waals surface area contributed by atoms with Crippen LogP contribution in [0.3, 0.4) is 0 Å². The van der Waals surface area contributed by atoms with E-state index in [0.717, 1.165) is 90.3 Å². The average molecular weight is 1990 g/mol. The number of sulfonamides is 3. The van der Waals surface area contributed by atoms with Crippen LogP contribution >= 0.6 is 11.3 Å². The molecule has 3 aliphatic heterocycles. The van der Waals surface area contributed by atoms with Crippen LogP contribution in [-0.2, 0) is 56.4 Å². The summed E-state index contributed by atoms with van der Waals surface area (Å²) in [7, 11) is -9.92. The highest BCUT2D eigenvalue weighted by Crippen LogP contribution is 2.38. The first kappa shape index (κ1) is 110. The minimum atomic E-state index is -3.94. The van der Waals surface area contributed by atoms with Gasteiger partial charge in [0.25, 0.3) is 37.8 Å². The average Bonchev–Trinajstić information content (AvgIpc) is 1.10.